The highest BCUT2D eigenvalue weighted by atomic mass is 16.5. The summed E-state index contributed by atoms with van der Waals surface area (Å²) >= 11 is 0. The normalized spacial score (nSPS) is 31.9. The topological polar surface area (TPSA) is 24.5 Å². The van der Waals surface area contributed by atoms with Crippen molar-refractivity contribution in [3.05, 3.63) is 0 Å². The molecule has 2 fully saturated rings. The van der Waals surface area contributed by atoms with Gasteiger partial charge in [0.05, 0.1) is 0 Å². The van der Waals surface area contributed by atoms with Crippen molar-refractivity contribution in [2.75, 3.05) is 32.8 Å². The second kappa shape index (κ2) is 5.99. The van der Waals surface area contributed by atoms with Crippen LogP contribution in [0.5, 0.6) is 0 Å². The predicted molar refractivity (Wildman–Crippen MR) is 66.7 cm³/mol. The molecule has 0 radical (unpaired) electrons. The van der Waals surface area contributed by atoms with E-state index in [9.17, 15) is 0 Å². The molecule has 0 aromatic heterocycles. The van der Waals surface area contributed by atoms with Gasteiger partial charge >= 0.3 is 0 Å². The third kappa shape index (κ3) is 3.44. The minimum Gasteiger partial charge on any atom is -0.382 e. The predicted octanol–water partition coefficient (Wildman–Crippen LogP) is 1.49. The van der Waals surface area contributed by atoms with Gasteiger partial charge in [0, 0.05) is 44.9 Å². The fourth-order valence-electron chi connectivity index (χ4n) is 2.59. The first kappa shape index (κ1) is 12.3. The molecule has 0 spiro atoms. The molecule has 1 aliphatic carbocycles. The Balaban J connectivity index is 1.68. The molecule has 1 saturated heterocycles. The van der Waals surface area contributed by atoms with Crippen LogP contribution in [0.25, 0.3) is 0 Å². The Morgan fingerprint density at radius 1 is 1.38 bits per heavy atom. The molecule has 3 nitrogen and oxygen atoms in total. The van der Waals surface area contributed by atoms with Crippen LogP contribution in [0.15, 0.2) is 0 Å². The van der Waals surface area contributed by atoms with Gasteiger partial charge in [-0.1, -0.05) is 0 Å². The van der Waals surface area contributed by atoms with Crippen molar-refractivity contribution in [1.82, 2.24) is 10.2 Å². The van der Waals surface area contributed by atoms with E-state index in [0.717, 1.165) is 31.7 Å². The van der Waals surface area contributed by atoms with Gasteiger partial charge in [0.25, 0.3) is 0 Å². The van der Waals surface area contributed by atoms with Crippen LogP contribution in [0, 0.1) is 5.92 Å². The number of ether oxygens (including phenoxy) is 1. The SMILES string of the molecule is CCOCCCN1CC(C2CC2)NCC1C. The molecule has 2 rings (SSSR count). The van der Waals surface area contributed by atoms with Gasteiger partial charge in [0.1, 0.15) is 0 Å². The summed E-state index contributed by atoms with van der Waals surface area (Å²) in [6.45, 7) is 9.77. The Bertz CT molecular complexity index is 206. The molecule has 2 atom stereocenters. The van der Waals surface area contributed by atoms with Crippen LogP contribution in [0.3, 0.4) is 0 Å². The highest BCUT2D eigenvalue weighted by Crippen LogP contribution is 2.34. The van der Waals surface area contributed by atoms with E-state index in [-0.39, 0.29) is 0 Å². The summed E-state index contributed by atoms with van der Waals surface area (Å²) < 4.78 is 5.40. The molecular weight excluding hydrogens is 200 g/mol. The molecule has 1 N–H and O–H groups in total. The van der Waals surface area contributed by atoms with Gasteiger partial charge in [0.15, 0.2) is 0 Å². The summed E-state index contributed by atoms with van der Waals surface area (Å²) in [5.41, 5.74) is 0. The Kier molecular flexibility index (Phi) is 4.62. The summed E-state index contributed by atoms with van der Waals surface area (Å²) in [4.78, 5) is 2.64. The first-order chi connectivity index (χ1) is 7.81. The molecule has 2 unspecified atom stereocenters. The monoisotopic (exact) mass is 226 g/mol. The van der Waals surface area contributed by atoms with Crippen molar-refractivity contribution in [3.63, 3.8) is 0 Å². The Morgan fingerprint density at radius 3 is 2.88 bits per heavy atom. The molecule has 0 bridgehead atoms. The third-order valence-corrected chi connectivity index (χ3v) is 3.86. The van der Waals surface area contributed by atoms with E-state index in [1.54, 1.807) is 0 Å². The molecule has 94 valence electrons. The van der Waals surface area contributed by atoms with Crippen LogP contribution in [-0.4, -0.2) is 49.8 Å². The maximum absolute atomic E-state index is 5.40. The number of piperazine rings is 1. The van der Waals surface area contributed by atoms with Gasteiger partial charge in [-0.2, -0.15) is 0 Å². The minimum absolute atomic E-state index is 0.691. The van der Waals surface area contributed by atoms with Crippen molar-refractivity contribution < 1.29 is 4.74 Å². The lowest BCUT2D eigenvalue weighted by molar-refractivity contribution is 0.0993. The second-order valence-electron chi connectivity index (χ2n) is 5.25. The van der Waals surface area contributed by atoms with E-state index in [1.165, 1.54) is 32.4 Å². The van der Waals surface area contributed by atoms with Gasteiger partial charge in [0.2, 0.25) is 0 Å². The van der Waals surface area contributed by atoms with Crippen molar-refractivity contribution in [2.24, 2.45) is 5.92 Å². The standard InChI is InChI=1S/C13H26N2O/c1-3-16-8-4-7-15-10-13(12-5-6-12)14-9-11(15)2/h11-14H,3-10H2,1-2H3. The zero-order valence-electron chi connectivity index (χ0n) is 10.7. The van der Waals surface area contributed by atoms with Gasteiger partial charge < -0.3 is 10.1 Å². The van der Waals surface area contributed by atoms with Crippen molar-refractivity contribution in [3.8, 4) is 0 Å². The summed E-state index contributed by atoms with van der Waals surface area (Å²) in [7, 11) is 0. The van der Waals surface area contributed by atoms with Crippen LogP contribution < -0.4 is 5.32 Å². The summed E-state index contributed by atoms with van der Waals surface area (Å²) in [6, 6.07) is 1.46. The highest BCUT2D eigenvalue weighted by Gasteiger charge is 2.35. The zero-order valence-corrected chi connectivity index (χ0v) is 10.7. The van der Waals surface area contributed by atoms with E-state index in [1.807, 2.05) is 0 Å². The second-order valence-corrected chi connectivity index (χ2v) is 5.25. The molecule has 2 aliphatic rings. The van der Waals surface area contributed by atoms with E-state index >= 15 is 0 Å². The Hall–Kier alpha value is -0.120. The fourth-order valence-corrected chi connectivity index (χ4v) is 2.59. The molecule has 1 saturated carbocycles. The smallest absolute Gasteiger partial charge is 0.0478 e. The Labute approximate surface area is 99.5 Å². The van der Waals surface area contributed by atoms with E-state index in [2.05, 4.69) is 24.1 Å². The van der Waals surface area contributed by atoms with Crippen LogP contribution in [0.1, 0.15) is 33.1 Å². The molecule has 1 heterocycles. The summed E-state index contributed by atoms with van der Waals surface area (Å²) in [5, 5.41) is 3.69. The number of hydrogen-bond acceptors (Lipinski definition) is 3. The molecular formula is C13H26N2O. The maximum Gasteiger partial charge on any atom is 0.0478 e. The van der Waals surface area contributed by atoms with E-state index in [4.69, 9.17) is 4.74 Å². The number of nitrogens with zero attached hydrogens (tertiary/aromatic N) is 1. The van der Waals surface area contributed by atoms with Crippen LogP contribution in [0.2, 0.25) is 0 Å². The summed E-state index contributed by atoms with van der Waals surface area (Å²) in [5.74, 6) is 0.974. The third-order valence-electron chi connectivity index (χ3n) is 3.86. The lowest BCUT2D eigenvalue weighted by Gasteiger charge is -2.39. The average Bonchev–Trinajstić information content (AvgIpc) is 3.10. The molecule has 16 heavy (non-hydrogen) atoms. The molecule has 0 aromatic rings. The van der Waals surface area contributed by atoms with Gasteiger partial charge in [-0.05, 0) is 39.0 Å². The maximum atomic E-state index is 5.40. The van der Waals surface area contributed by atoms with Crippen LogP contribution in [-0.2, 0) is 4.74 Å². The first-order valence-electron chi connectivity index (χ1n) is 6.86. The number of hydrogen-bond donors (Lipinski definition) is 1. The number of nitrogens with one attached hydrogen (secondary N) is 1. The summed E-state index contributed by atoms with van der Waals surface area (Å²) in [6.07, 6.45) is 4.06. The van der Waals surface area contributed by atoms with Gasteiger partial charge in [-0.25, -0.2) is 0 Å². The minimum atomic E-state index is 0.691. The molecule has 1 aliphatic heterocycles. The van der Waals surface area contributed by atoms with E-state index in [0.29, 0.717) is 6.04 Å². The average molecular weight is 226 g/mol. The Morgan fingerprint density at radius 2 is 2.19 bits per heavy atom. The lowest BCUT2D eigenvalue weighted by atomic mass is 10.1. The van der Waals surface area contributed by atoms with Crippen LogP contribution >= 0.6 is 0 Å². The van der Waals surface area contributed by atoms with Crippen molar-refractivity contribution in [2.45, 2.75) is 45.2 Å². The quantitative estimate of drug-likeness (QED) is 0.694. The molecule has 0 amide bonds. The molecule has 0 aromatic carbocycles. The first-order valence-corrected chi connectivity index (χ1v) is 6.86. The van der Waals surface area contributed by atoms with Crippen molar-refractivity contribution >= 4 is 0 Å². The largest absolute Gasteiger partial charge is 0.382 e. The molecule has 3 heteroatoms. The van der Waals surface area contributed by atoms with Crippen molar-refractivity contribution in [1.29, 1.82) is 0 Å². The van der Waals surface area contributed by atoms with Gasteiger partial charge in [-0.3, -0.25) is 4.90 Å². The number of rotatable bonds is 6. The fraction of sp³-hybridized carbons (Fsp3) is 1.00. The van der Waals surface area contributed by atoms with Gasteiger partial charge in [-0.15, -0.1) is 0 Å². The highest BCUT2D eigenvalue weighted by molar-refractivity contribution is 4.93. The lowest BCUT2D eigenvalue weighted by Crippen LogP contribution is -2.56. The zero-order chi connectivity index (χ0) is 11.4. The van der Waals surface area contributed by atoms with Crippen LogP contribution in [0.4, 0.5) is 0 Å². The van der Waals surface area contributed by atoms with E-state index < -0.39 is 0 Å².